The quantitative estimate of drug-likeness (QED) is 0.333. The average molecular weight is 467 g/mol. The number of piperidine rings is 1. The van der Waals surface area contributed by atoms with Gasteiger partial charge in [-0.1, -0.05) is 36.2 Å². The molecular weight excluding hydrogens is 436 g/mol. The number of rotatable bonds is 6. The molecule has 0 aliphatic carbocycles. The normalized spacial score (nSPS) is 17.1. The Morgan fingerprint density at radius 2 is 1.49 bits per heavy atom. The number of imide groups is 1. The third-order valence-electron chi connectivity index (χ3n) is 6.56. The third-order valence-corrected chi connectivity index (χ3v) is 6.56. The number of carbonyl (C=O) groups excluding carboxylic acids is 2. The van der Waals surface area contributed by atoms with E-state index in [1.165, 1.54) is 43.5 Å². The highest BCUT2D eigenvalue weighted by atomic mass is 16.2. The van der Waals surface area contributed by atoms with Crippen LogP contribution in [0, 0.1) is 6.92 Å². The number of amides is 2. The predicted octanol–water partition coefficient (Wildman–Crippen LogP) is 5.45. The van der Waals surface area contributed by atoms with Gasteiger partial charge < -0.3 is 10.6 Å². The molecule has 178 valence electrons. The number of hydrogen-bond acceptors (Lipinski definition) is 5. The number of likely N-dealkylation sites (tertiary alicyclic amines) is 1. The standard InChI is InChI=1S/C29H30N4O2/c1-20-5-9-23(10-6-20)31-24-13-14-25-26(17-24)27(29(35)32-28(25)34)18-30-22-11-7-21(8-12-22)19-33-15-3-2-4-16-33/h5-14,17-18,30-31H,2-4,15-16,19H2,1H3,(H,32,34,35)/b27-18-. The molecule has 0 saturated carbocycles. The number of nitrogens with zero attached hydrogens (tertiary/aromatic N) is 1. The third kappa shape index (κ3) is 5.44. The summed E-state index contributed by atoms with van der Waals surface area (Å²) in [7, 11) is 0. The molecule has 0 bridgehead atoms. The molecule has 1 saturated heterocycles. The van der Waals surface area contributed by atoms with E-state index in [1.54, 1.807) is 12.3 Å². The van der Waals surface area contributed by atoms with Crippen molar-refractivity contribution in [1.82, 2.24) is 10.2 Å². The van der Waals surface area contributed by atoms with Gasteiger partial charge in [0.2, 0.25) is 0 Å². The summed E-state index contributed by atoms with van der Waals surface area (Å²) in [6.45, 7) is 5.34. The van der Waals surface area contributed by atoms with Gasteiger partial charge in [0.05, 0.1) is 5.57 Å². The van der Waals surface area contributed by atoms with Gasteiger partial charge in [0.25, 0.3) is 11.8 Å². The SMILES string of the molecule is Cc1ccc(Nc2ccc3c(c2)/C(=C/Nc2ccc(CN4CCCCC4)cc2)C(=O)NC3=O)cc1. The van der Waals surface area contributed by atoms with Crippen LogP contribution in [0.3, 0.4) is 0 Å². The largest absolute Gasteiger partial charge is 0.361 e. The zero-order valence-electron chi connectivity index (χ0n) is 19.9. The monoisotopic (exact) mass is 466 g/mol. The van der Waals surface area contributed by atoms with Crippen LogP contribution in [0.5, 0.6) is 0 Å². The Labute approximate surface area is 206 Å². The van der Waals surface area contributed by atoms with Crippen LogP contribution in [0.15, 0.2) is 72.9 Å². The van der Waals surface area contributed by atoms with Crippen molar-refractivity contribution in [2.45, 2.75) is 32.7 Å². The first-order chi connectivity index (χ1) is 17.0. The van der Waals surface area contributed by atoms with Crippen molar-refractivity contribution in [3.05, 3.63) is 95.2 Å². The zero-order chi connectivity index (χ0) is 24.2. The Bertz CT molecular complexity index is 1260. The van der Waals surface area contributed by atoms with Gasteiger partial charge in [-0.05, 0) is 80.9 Å². The molecule has 35 heavy (non-hydrogen) atoms. The Kier molecular flexibility index (Phi) is 6.64. The molecular formula is C29H30N4O2. The number of anilines is 3. The Hall–Kier alpha value is -3.90. The van der Waals surface area contributed by atoms with Gasteiger partial charge in [-0.15, -0.1) is 0 Å². The molecule has 0 spiro atoms. The van der Waals surface area contributed by atoms with Crippen LogP contribution in [-0.4, -0.2) is 29.8 Å². The predicted molar refractivity (Wildman–Crippen MR) is 141 cm³/mol. The molecule has 6 nitrogen and oxygen atoms in total. The molecule has 2 aliphatic heterocycles. The molecule has 2 aliphatic rings. The van der Waals surface area contributed by atoms with E-state index in [1.807, 2.05) is 55.5 Å². The summed E-state index contributed by atoms with van der Waals surface area (Å²) in [5, 5.41) is 9.03. The molecule has 0 unspecified atom stereocenters. The summed E-state index contributed by atoms with van der Waals surface area (Å²) in [5.74, 6) is -0.796. The number of nitrogens with one attached hydrogen (secondary N) is 3. The molecule has 3 N–H and O–H groups in total. The minimum Gasteiger partial charge on any atom is -0.361 e. The Morgan fingerprint density at radius 3 is 2.23 bits per heavy atom. The van der Waals surface area contributed by atoms with Crippen molar-refractivity contribution in [2.24, 2.45) is 0 Å². The second-order valence-corrected chi connectivity index (χ2v) is 9.27. The van der Waals surface area contributed by atoms with Crippen molar-refractivity contribution in [3.63, 3.8) is 0 Å². The van der Waals surface area contributed by atoms with E-state index >= 15 is 0 Å². The van der Waals surface area contributed by atoms with E-state index in [2.05, 4.69) is 33.0 Å². The summed E-state index contributed by atoms with van der Waals surface area (Å²) in [4.78, 5) is 27.6. The second-order valence-electron chi connectivity index (χ2n) is 9.27. The smallest absolute Gasteiger partial charge is 0.260 e. The molecule has 0 aromatic heterocycles. The van der Waals surface area contributed by atoms with Crippen LogP contribution in [0.2, 0.25) is 0 Å². The number of hydrogen-bond donors (Lipinski definition) is 3. The zero-order valence-corrected chi connectivity index (χ0v) is 19.9. The maximum absolute atomic E-state index is 12.7. The first-order valence-corrected chi connectivity index (χ1v) is 12.2. The van der Waals surface area contributed by atoms with Crippen LogP contribution in [0.25, 0.3) is 5.57 Å². The Morgan fingerprint density at radius 1 is 0.800 bits per heavy atom. The van der Waals surface area contributed by atoms with Crippen LogP contribution in [0.4, 0.5) is 17.1 Å². The highest BCUT2D eigenvalue weighted by Gasteiger charge is 2.27. The summed E-state index contributed by atoms with van der Waals surface area (Å²) in [6.07, 6.45) is 5.57. The van der Waals surface area contributed by atoms with Gasteiger partial charge in [-0.2, -0.15) is 0 Å². The van der Waals surface area contributed by atoms with Crippen molar-refractivity contribution in [2.75, 3.05) is 23.7 Å². The maximum Gasteiger partial charge on any atom is 0.260 e. The first-order valence-electron chi connectivity index (χ1n) is 12.2. The molecule has 5 rings (SSSR count). The highest BCUT2D eigenvalue weighted by Crippen LogP contribution is 2.29. The van der Waals surface area contributed by atoms with Gasteiger partial charge in [0.15, 0.2) is 0 Å². The van der Waals surface area contributed by atoms with E-state index in [0.717, 1.165) is 23.6 Å². The molecule has 3 aromatic rings. The lowest BCUT2D eigenvalue weighted by molar-refractivity contribution is -0.114. The topological polar surface area (TPSA) is 73.5 Å². The highest BCUT2D eigenvalue weighted by molar-refractivity contribution is 6.31. The van der Waals surface area contributed by atoms with E-state index in [0.29, 0.717) is 16.7 Å². The summed E-state index contributed by atoms with van der Waals surface area (Å²) < 4.78 is 0. The van der Waals surface area contributed by atoms with E-state index < -0.39 is 5.91 Å². The maximum atomic E-state index is 12.7. The molecule has 3 aromatic carbocycles. The fourth-order valence-electron chi connectivity index (χ4n) is 4.59. The van der Waals surface area contributed by atoms with Crippen molar-refractivity contribution in [3.8, 4) is 0 Å². The lowest BCUT2D eigenvalue weighted by Gasteiger charge is -2.26. The fourth-order valence-corrected chi connectivity index (χ4v) is 4.59. The molecule has 2 heterocycles. The van der Waals surface area contributed by atoms with Gasteiger partial charge in [0, 0.05) is 40.9 Å². The lowest BCUT2D eigenvalue weighted by Crippen LogP contribution is -2.36. The number of carbonyl (C=O) groups is 2. The lowest BCUT2D eigenvalue weighted by atomic mass is 9.94. The average Bonchev–Trinajstić information content (AvgIpc) is 2.87. The van der Waals surface area contributed by atoms with Crippen LogP contribution < -0.4 is 16.0 Å². The Balaban J connectivity index is 1.34. The van der Waals surface area contributed by atoms with Crippen molar-refractivity contribution >= 4 is 34.4 Å². The van der Waals surface area contributed by atoms with Gasteiger partial charge in [-0.3, -0.25) is 19.8 Å². The van der Waals surface area contributed by atoms with Gasteiger partial charge in [0.1, 0.15) is 0 Å². The molecule has 0 atom stereocenters. The molecule has 6 heteroatoms. The van der Waals surface area contributed by atoms with E-state index in [-0.39, 0.29) is 5.91 Å². The van der Waals surface area contributed by atoms with Crippen molar-refractivity contribution < 1.29 is 9.59 Å². The minimum atomic E-state index is -0.413. The second kappa shape index (κ2) is 10.2. The number of fused-ring (bicyclic) bond motifs is 1. The van der Waals surface area contributed by atoms with E-state index in [4.69, 9.17) is 0 Å². The van der Waals surface area contributed by atoms with Crippen LogP contribution in [0.1, 0.15) is 46.3 Å². The number of benzene rings is 3. The van der Waals surface area contributed by atoms with E-state index in [9.17, 15) is 9.59 Å². The fraction of sp³-hybridized carbons (Fsp3) is 0.241. The minimum absolute atomic E-state index is 0.383. The molecule has 0 radical (unpaired) electrons. The van der Waals surface area contributed by atoms with Crippen molar-refractivity contribution in [1.29, 1.82) is 0 Å². The number of aryl methyl sites for hydroxylation is 1. The van der Waals surface area contributed by atoms with Crippen LogP contribution >= 0.6 is 0 Å². The van der Waals surface area contributed by atoms with Crippen LogP contribution in [-0.2, 0) is 11.3 Å². The van der Waals surface area contributed by atoms with Gasteiger partial charge in [-0.25, -0.2) is 0 Å². The summed E-state index contributed by atoms with van der Waals surface area (Å²) in [6, 6.07) is 21.8. The summed E-state index contributed by atoms with van der Waals surface area (Å²) >= 11 is 0. The van der Waals surface area contributed by atoms with Gasteiger partial charge >= 0.3 is 0 Å². The summed E-state index contributed by atoms with van der Waals surface area (Å²) in [5.41, 5.74) is 6.60. The first kappa shape index (κ1) is 22.9. The molecule has 1 fully saturated rings. The molecule has 2 amide bonds.